The number of hydrogen-bond acceptors (Lipinski definition) is 3. The van der Waals surface area contributed by atoms with Crippen molar-refractivity contribution >= 4 is 17.5 Å². The van der Waals surface area contributed by atoms with Gasteiger partial charge in [-0.3, -0.25) is 14.5 Å². The Labute approximate surface area is 132 Å². The number of rotatable bonds is 5. The highest BCUT2D eigenvalue weighted by atomic mass is 16.2. The number of aryl methyl sites for hydroxylation is 1. The van der Waals surface area contributed by atoms with Crippen molar-refractivity contribution in [3.05, 3.63) is 29.8 Å². The van der Waals surface area contributed by atoms with Crippen LogP contribution in [0, 0.1) is 5.92 Å². The number of amides is 2. The number of nitrogens with zero attached hydrogens (tertiary/aromatic N) is 1. The molecule has 5 heteroatoms. The molecule has 0 atom stereocenters. The first-order chi connectivity index (χ1) is 10.6. The van der Waals surface area contributed by atoms with Crippen molar-refractivity contribution in [2.75, 3.05) is 32.0 Å². The molecule has 2 amide bonds. The predicted octanol–water partition coefficient (Wildman–Crippen LogP) is 1.65. The largest absolute Gasteiger partial charge is 0.359 e. The summed E-state index contributed by atoms with van der Waals surface area (Å²) in [6.07, 6.45) is 2.53. The smallest absolute Gasteiger partial charge is 0.238 e. The molecule has 1 aliphatic heterocycles. The van der Waals surface area contributed by atoms with Crippen LogP contribution in [0.1, 0.15) is 25.3 Å². The van der Waals surface area contributed by atoms with E-state index in [-0.39, 0.29) is 17.7 Å². The normalized spacial score (nSPS) is 16.3. The lowest BCUT2D eigenvalue weighted by molar-refractivity contribution is -0.126. The van der Waals surface area contributed by atoms with Crippen LogP contribution in [0.2, 0.25) is 0 Å². The highest BCUT2D eigenvalue weighted by Gasteiger charge is 2.25. The van der Waals surface area contributed by atoms with E-state index in [1.807, 2.05) is 24.3 Å². The van der Waals surface area contributed by atoms with Gasteiger partial charge in [0.1, 0.15) is 0 Å². The van der Waals surface area contributed by atoms with Crippen LogP contribution in [0.3, 0.4) is 0 Å². The zero-order valence-corrected chi connectivity index (χ0v) is 13.4. The van der Waals surface area contributed by atoms with Crippen LogP contribution >= 0.6 is 0 Å². The molecule has 1 aromatic rings. The van der Waals surface area contributed by atoms with E-state index in [0.29, 0.717) is 6.54 Å². The maximum Gasteiger partial charge on any atom is 0.238 e. The van der Waals surface area contributed by atoms with E-state index in [1.54, 1.807) is 7.05 Å². The van der Waals surface area contributed by atoms with Gasteiger partial charge in [0.25, 0.3) is 0 Å². The molecule has 2 rings (SSSR count). The fourth-order valence-electron chi connectivity index (χ4n) is 2.90. The Kier molecular flexibility index (Phi) is 5.95. The van der Waals surface area contributed by atoms with Crippen molar-refractivity contribution in [2.24, 2.45) is 5.92 Å². The molecule has 1 aromatic carbocycles. The van der Waals surface area contributed by atoms with E-state index in [4.69, 9.17) is 0 Å². The molecule has 0 saturated carbocycles. The molecule has 0 aliphatic carbocycles. The molecule has 22 heavy (non-hydrogen) atoms. The minimum absolute atomic E-state index is 0.0132. The van der Waals surface area contributed by atoms with Crippen LogP contribution in [-0.4, -0.2) is 43.4 Å². The average Bonchev–Trinajstić information content (AvgIpc) is 2.55. The second-order valence-electron chi connectivity index (χ2n) is 5.72. The van der Waals surface area contributed by atoms with E-state index < -0.39 is 0 Å². The van der Waals surface area contributed by atoms with E-state index in [9.17, 15) is 9.59 Å². The molecular weight excluding hydrogens is 278 g/mol. The maximum atomic E-state index is 12.2. The summed E-state index contributed by atoms with van der Waals surface area (Å²) in [6, 6.07) is 7.89. The van der Waals surface area contributed by atoms with Crippen LogP contribution in [-0.2, 0) is 16.0 Å². The summed E-state index contributed by atoms with van der Waals surface area (Å²) >= 11 is 0. The molecule has 1 saturated heterocycles. The molecule has 5 nitrogen and oxygen atoms in total. The van der Waals surface area contributed by atoms with Gasteiger partial charge >= 0.3 is 0 Å². The van der Waals surface area contributed by atoms with Crippen molar-refractivity contribution < 1.29 is 9.59 Å². The van der Waals surface area contributed by atoms with Gasteiger partial charge in [0.2, 0.25) is 11.8 Å². The Morgan fingerprint density at radius 3 is 2.55 bits per heavy atom. The Morgan fingerprint density at radius 1 is 1.23 bits per heavy atom. The molecule has 1 fully saturated rings. The third kappa shape index (κ3) is 4.31. The van der Waals surface area contributed by atoms with Crippen molar-refractivity contribution in [3.63, 3.8) is 0 Å². The van der Waals surface area contributed by atoms with Crippen LogP contribution in [0.4, 0.5) is 5.69 Å². The summed E-state index contributed by atoms with van der Waals surface area (Å²) in [7, 11) is 1.67. The zero-order valence-electron chi connectivity index (χ0n) is 13.4. The first-order valence-electron chi connectivity index (χ1n) is 7.95. The van der Waals surface area contributed by atoms with Gasteiger partial charge in [-0.2, -0.15) is 0 Å². The number of piperidine rings is 1. The van der Waals surface area contributed by atoms with Crippen molar-refractivity contribution in [2.45, 2.75) is 26.2 Å². The molecule has 2 N–H and O–H groups in total. The molecule has 1 heterocycles. The second-order valence-corrected chi connectivity index (χ2v) is 5.72. The van der Waals surface area contributed by atoms with Crippen LogP contribution in [0.15, 0.2) is 24.3 Å². The quantitative estimate of drug-likeness (QED) is 0.869. The van der Waals surface area contributed by atoms with Gasteiger partial charge in [-0.1, -0.05) is 25.1 Å². The van der Waals surface area contributed by atoms with Gasteiger partial charge in [-0.05, 0) is 44.0 Å². The third-order valence-corrected chi connectivity index (χ3v) is 4.24. The number of anilines is 1. The summed E-state index contributed by atoms with van der Waals surface area (Å²) < 4.78 is 0. The van der Waals surface area contributed by atoms with Crippen LogP contribution in [0.25, 0.3) is 0 Å². The number of carbonyl (C=O) groups is 2. The minimum atomic E-state index is 0.0132. The lowest BCUT2D eigenvalue weighted by Gasteiger charge is -2.30. The fourth-order valence-corrected chi connectivity index (χ4v) is 2.90. The molecule has 1 aliphatic rings. The van der Waals surface area contributed by atoms with Crippen LogP contribution < -0.4 is 10.6 Å². The van der Waals surface area contributed by atoms with Gasteiger partial charge < -0.3 is 10.6 Å². The number of likely N-dealkylation sites (tertiary alicyclic amines) is 1. The highest BCUT2D eigenvalue weighted by molar-refractivity contribution is 5.93. The van der Waals surface area contributed by atoms with Gasteiger partial charge in [-0.15, -0.1) is 0 Å². The standard InChI is InChI=1S/C17H25N3O2/c1-3-13-6-4-5-7-15(13)19-16(21)12-20-10-8-14(9-11-20)17(22)18-2/h4-7,14H,3,8-12H2,1-2H3,(H,18,22)(H,19,21). The van der Waals surface area contributed by atoms with Crippen molar-refractivity contribution in [3.8, 4) is 0 Å². The summed E-state index contributed by atoms with van der Waals surface area (Å²) in [5.74, 6) is 0.213. The van der Waals surface area contributed by atoms with Crippen LogP contribution in [0.5, 0.6) is 0 Å². The van der Waals surface area contributed by atoms with E-state index in [0.717, 1.165) is 43.6 Å². The van der Waals surface area contributed by atoms with Crippen molar-refractivity contribution in [1.82, 2.24) is 10.2 Å². The zero-order chi connectivity index (χ0) is 15.9. The topological polar surface area (TPSA) is 61.4 Å². The lowest BCUT2D eigenvalue weighted by atomic mass is 9.96. The van der Waals surface area contributed by atoms with E-state index >= 15 is 0 Å². The number of hydrogen-bond donors (Lipinski definition) is 2. The summed E-state index contributed by atoms with van der Waals surface area (Å²) in [6.45, 7) is 4.05. The first-order valence-corrected chi connectivity index (χ1v) is 7.95. The first kappa shape index (κ1) is 16.5. The monoisotopic (exact) mass is 303 g/mol. The maximum absolute atomic E-state index is 12.2. The highest BCUT2D eigenvalue weighted by Crippen LogP contribution is 2.18. The van der Waals surface area contributed by atoms with Gasteiger partial charge in [0.15, 0.2) is 0 Å². The molecule has 0 bridgehead atoms. The summed E-state index contributed by atoms with van der Waals surface area (Å²) in [4.78, 5) is 25.9. The Bertz CT molecular complexity index is 522. The molecule has 0 radical (unpaired) electrons. The summed E-state index contributed by atoms with van der Waals surface area (Å²) in [5.41, 5.74) is 2.05. The Morgan fingerprint density at radius 2 is 1.91 bits per heavy atom. The summed E-state index contributed by atoms with van der Waals surface area (Å²) in [5, 5.41) is 5.69. The minimum Gasteiger partial charge on any atom is -0.359 e. The third-order valence-electron chi connectivity index (χ3n) is 4.24. The van der Waals surface area contributed by atoms with E-state index in [2.05, 4.69) is 22.5 Å². The van der Waals surface area contributed by atoms with Gasteiger partial charge in [-0.25, -0.2) is 0 Å². The predicted molar refractivity (Wildman–Crippen MR) is 87.7 cm³/mol. The van der Waals surface area contributed by atoms with Gasteiger partial charge in [0, 0.05) is 18.7 Å². The molecule has 0 spiro atoms. The Balaban J connectivity index is 1.82. The molecule has 0 aromatic heterocycles. The number of carbonyl (C=O) groups excluding carboxylic acids is 2. The second kappa shape index (κ2) is 7.94. The van der Waals surface area contributed by atoms with E-state index in [1.165, 1.54) is 0 Å². The molecule has 0 unspecified atom stereocenters. The SMILES string of the molecule is CCc1ccccc1NC(=O)CN1CCC(C(=O)NC)CC1. The molecule has 120 valence electrons. The molecular formula is C17H25N3O2. The number of para-hydroxylation sites is 1. The lowest BCUT2D eigenvalue weighted by Crippen LogP contribution is -2.42. The number of benzene rings is 1. The number of nitrogens with one attached hydrogen (secondary N) is 2. The Hall–Kier alpha value is -1.88. The van der Waals surface area contributed by atoms with Crippen molar-refractivity contribution in [1.29, 1.82) is 0 Å². The average molecular weight is 303 g/mol. The van der Waals surface area contributed by atoms with Gasteiger partial charge in [0.05, 0.1) is 6.54 Å². The fraction of sp³-hybridized carbons (Fsp3) is 0.529.